The number of nitrogens with two attached hydrogens (primary N) is 1. The molecule has 82 valence electrons. The van der Waals surface area contributed by atoms with Crippen molar-refractivity contribution in [2.24, 2.45) is 5.73 Å². The first-order chi connectivity index (χ1) is 7.59. The molecule has 0 aliphatic heterocycles. The molecule has 16 heavy (non-hydrogen) atoms. The highest BCUT2D eigenvalue weighted by Gasteiger charge is 2.16. The Morgan fingerprint density at radius 1 is 1.50 bits per heavy atom. The van der Waals surface area contributed by atoms with E-state index in [0.29, 0.717) is 11.0 Å². The van der Waals surface area contributed by atoms with Crippen LogP contribution in [0.4, 0.5) is 0 Å². The molecular formula is C9H8N4O3. The van der Waals surface area contributed by atoms with Crippen molar-refractivity contribution < 1.29 is 14.7 Å². The van der Waals surface area contributed by atoms with Gasteiger partial charge in [0, 0.05) is 6.20 Å². The van der Waals surface area contributed by atoms with Gasteiger partial charge in [-0.1, -0.05) is 0 Å². The van der Waals surface area contributed by atoms with E-state index in [2.05, 4.69) is 10.1 Å². The van der Waals surface area contributed by atoms with E-state index in [1.54, 1.807) is 12.1 Å². The summed E-state index contributed by atoms with van der Waals surface area (Å²) in [4.78, 5) is 25.6. The fraction of sp³-hybridized carbons (Fsp3) is 0.111. The maximum Gasteiger partial charge on any atom is 0.325 e. The highest BCUT2D eigenvalue weighted by atomic mass is 16.4. The first-order valence-electron chi connectivity index (χ1n) is 4.42. The van der Waals surface area contributed by atoms with Gasteiger partial charge in [-0.3, -0.25) is 19.3 Å². The van der Waals surface area contributed by atoms with Crippen molar-refractivity contribution >= 4 is 22.9 Å². The van der Waals surface area contributed by atoms with Crippen molar-refractivity contribution in [1.82, 2.24) is 14.8 Å². The summed E-state index contributed by atoms with van der Waals surface area (Å²) in [6.45, 7) is -0.338. The molecule has 7 heteroatoms. The minimum atomic E-state index is -1.05. The number of rotatable bonds is 3. The number of pyridine rings is 1. The van der Waals surface area contributed by atoms with E-state index >= 15 is 0 Å². The normalized spacial score (nSPS) is 10.5. The molecule has 0 aliphatic carbocycles. The van der Waals surface area contributed by atoms with Crippen LogP contribution in [0.15, 0.2) is 18.3 Å². The average Bonchev–Trinajstić information content (AvgIpc) is 2.57. The Morgan fingerprint density at radius 2 is 2.25 bits per heavy atom. The zero-order valence-corrected chi connectivity index (χ0v) is 8.12. The zero-order valence-electron chi connectivity index (χ0n) is 8.12. The lowest BCUT2D eigenvalue weighted by Crippen LogP contribution is -2.14. The van der Waals surface area contributed by atoms with Crippen molar-refractivity contribution in [2.75, 3.05) is 0 Å². The van der Waals surface area contributed by atoms with E-state index in [-0.39, 0.29) is 12.2 Å². The minimum absolute atomic E-state index is 0.0168. The van der Waals surface area contributed by atoms with Gasteiger partial charge in [-0.2, -0.15) is 5.10 Å². The van der Waals surface area contributed by atoms with Gasteiger partial charge in [-0.15, -0.1) is 0 Å². The van der Waals surface area contributed by atoms with Gasteiger partial charge < -0.3 is 10.8 Å². The zero-order chi connectivity index (χ0) is 11.7. The van der Waals surface area contributed by atoms with Gasteiger partial charge >= 0.3 is 5.97 Å². The Kier molecular flexibility index (Phi) is 2.28. The number of aromatic nitrogens is 3. The van der Waals surface area contributed by atoms with Crippen LogP contribution in [0.1, 0.15) is 10.5 Å². The summed E-state index contributed by atoms with van der Waals surface area (Å²) in [5.74, 6) is -1.78. The van der Waals surface area contributed by atoms with E-state index in [1.165, 1.54) is 10.9 Å². The molecule has 0 aromatic carbocycles. The molecule has 0 spiro atoms. The van der Waals surface area contributed by atoms with Crippen LogP contribution in [-0.4, -0.2) is 31.7 Å². The molecule has 0 bridgehead atoms. The second-order valence-corrected chi connectivity index (χ2v) is 3.14. The average molecular weight is 220 g/mol. The molecule has 2 aromatic heterocycles. The van der Waals surface area contributed by atoms with Crippen LogP contribution in [0.2, 0.25) is 0 Å². The molecule has 1 amide bonds. The van der Waals surface area contributed by atoms with Gasteiger partial charge in [0.25, 0.3) is 5.91 Å². The van der Waals surface area contributed by atoms with E-state index in [0.717, 1.165) is 0 Å². The van der Waals surface area contributed by atoms with Gasteiger partial charge in [0.05, 0.1) is 5.52 Å². The van der Waals surface area contributed by atoms with Crippen LogP contribution in [0.3, 0.4) is 0 Å². The second-order valence-electron chi connectivity index (χ2n) is 3.14. The molecule has 2 aromatic rings. The molecule has 7 nitrogen and oxygen atoms in total. The summed E-state index contributed by atoms with van der Waals surface area (Å²) in [6.07, 6.45) is 1.49. The van der Waals surface area contributed by atoms with Gasteiger partial charge in [0.15, 0.2) is 5.69 Å². The molecule has 0 fully saturated rings. The van der Waals surface area contributed by atoms with E-state index < -0.39 is 11.9 Å². The lowest BCUT2D eigenvalue weighted by Gasteiger charge is -1.96. The predicted molar refractivity (Wildman–Crippen MR) is 53.7 cm³/mol. The predicted octanol–water partition coefficient (Wildman–Crippen LogP) is -0.385. The SMILES string of the molecule is NC(=O)c1nn(CC(=O)O)c2cccnc12. The lowest BCUT2D eigenvalue weighted by molar-refractivity contribution is -0.137. The van der Waals surface area contributed by atoms with Gasteiger partial charge in [0.2, 0.25) is 0 Å². The van der Waals surface area contributed by atoms with Crippen LogP contribution in [-0.2, 0) is 11.3 Å². The number of carboxylic acids is 1. The Bertz CT molecular complexity index is 575. The highest BCUT2D eigenvalue weighted by molar-refractivity contribution is 6.02. The van der Waals surface area contributed by atoms with Crippen molar-refractivity contribution in [3.63, 3.8) is 0 Å². The number of carbonyl (C=O) groups is 2. The number of amides is 1. The molecule has 0 aliphatic rings. The van der Waals surface area contributed by atoms with Crippen LogP contribution in [0, 0.1) is 0 Å². The first kappa shape index (κ1) is 10.1. The fourth-order valence-corrected chi connectivity index (χ4v) is 1.42. The molecule has 0 saturated carbocycles. The standard InChI is InChI=1S/C9H8N4O3/c10-9(16)8-7-5(2-1-3-11-7)13(12-8)4-6(14)15/h1-3H,4H2,(H2,10,16)(H,14,15). The Morgan fingerprint density at radius 3 is 2.88 bits per heavy atom. The number of hydrogen-bond acceptors (Lipinski definition) is 4. The second kappa shape index (κ2) is 3.61. The van der Waals surface area contributed by atoms with Gasteiger partial charge in [0.1, 0.15) is 12.1 Å². The van der Waals surface area contributed by atoms with E-state index in [4.69, 9.17) is 10.8 Å². The molecule has 2 rings (SSSR count). The third-order valence-electron chi connectivity index (χ3n) is 2.03. The Hall–Kier alpha value is -2.44. The minimum Gasteiger partial charge on any atom is -0.480 e. The topological polar surface area (TPSA) is 111 Å². The number of carboxylic acid groups (broad SMARTS) is 1. The number of aliphatic carboxylic acids is 1. The van der Waals surface area contributed by atoms with Crippen molar-refractivity contribution in [3.8, 4) is 0 Å². The lowest BCUT2D eigenvalue weighted by atomic mass is 10.3. The smallest absolute Gasteiger partial charge is 0.325 e. The van der Waals surface area contributed by atoms with Gasteiger partial charge in [-0.05, 0) is 12.1 Å². The Labute approximate surface area is 89.5 Å². The fourth-order valence-electron chi connectivity index (χ4n) is 1.42. The maximum absolute atomic E-state index is 11.1. The summed E-state index contributed by atoms with van der Waals surface area (Å²) in [5, 5.41) is 12.5. The van der Waals surface area contributed by atoms with Crippen molar-refractivity contribution in [3.05, 3.63) is 24.0 Å². The summed E-state index contributed by atoms with van der Waals surface area (Å²) >= 11 is 0. The van der Waals surface area contributed by atoms with Gasteiger partial charge in [-0.25, -0.2) is 0 Å². The molecule has 3 N–H and O–H groups in total. The van der Waals surface area contributed by atoms with E-state index in [1.807, 2.05) is 0 Å². The number of fused-ring (bicyclic) bond motifs is 1. The van der Waals surface area contributed by atoms with E-state index in [9.17, 15) is 9.59 Å². The monoisotopic (exact) mass is 220 g/mol. The summed E-state index contributed by atoms with van der Waals surface area (Å²) in [5.41, 5.74) is 5.89. The molecule has 0 saturated heterocycles. The first-order valence-corrected chi connectivity index (χ1v) is 4.42. The third-order valence-corrected chi connectivity index (χ3v) is 2.03. The maximum atomic E-state index is 11.1. The van der Waals surface area contributed by atoms with Crippen molar-refractivity contribution in [2.45, 2.75) is 6.54 Å². The number of nitrogens with zero attached hydrogens (tertiary/aromatic N) is 3. The number of primary amides is 1. The quantitative estimate of drug-likeness (QED) is 0.732. The van der Waals surface area contributed by atoms with Crippen LogP contribution in [0.25, 0.3) is 11.0 Å². The van der Waals surface area contributed by atoms with Crippen LogP contribution in [0.5, 0.6) is 0 Å². The molecule has 2 heterocycles. The summed E-state index contributed by atoms with van der Waals surface area (Å²) < 4.78 is 1.19. The molecule has 0 radical (unpaired) electrons. The van der Waals surface area contributed by atoms with Crippen molar-refractivity contribution in [1.29, 1.82) is 0 Å². The molecule has 0 atom stereocenters. The Balaban J connectivity index is 2.66. The largest absolute Gasteiger partial charge is 0.480 e. The molecular weight excluding hydrogens is 212 g/mol. The number of hydrogen-bond donors (Lipinski definition) is 2. The molecule has 0 unspecified atom stereocenters. The summed E-state index contributed by atoms with van der Waals surface area (Å²) in [7, 11) is 0. The summed E-state index contributed by atoms with van der Waals surface area (Å²) in [6, 6.07) is 3.26. The highest BCUT2D eigenvalue weighted by Crippen LogP contribution is 2.14. The van der Waals surface area contributed by atoms with Crippen LogP contribution < -0.4 is 5.73 Å². The third kappa shape index (κ3) is 1.58. The van der Waals surface area contributed by atoms with Crippen LogP contribution >= 0.6 is 0 Å². The number of carbonyl (C=O) groups excluding carboxylic acids is 1.